The number of nitrogens with one attached hydrogen (secondary N) is 1. The quantitative estimate of drug-likeness (QED) is 0.518. The molecule has 0 aliphatic carbocycles. The molecule has 11 heteroatoms. The van der Waals surface area contributed by atoms with Gasteiger partial charge in [0.25, 0.3) is 5.91 Å². The van der Waals surface area contributed by atoms with Crippen LogP contribution in [0.1, 0.15) is 38.3 Å². The first-order valence-corrected chi connectivity index (χ1v) is 12.6. The number of hydrogen-bond donors (Lipinski definition) is 1. The number of nitrogens with zero attached hydrogens (tertiary/aromatic N) is 4. The van der Waals surface area contributed by atoms with E-state index in [4.69, 9.17) is 9.57 Å². The zero-order chi connectivity index (χ0) is 24.3. The molecular weight excluding hydrogens is 458 g/mol. The number of benzene rings is 2. The van der Waals surface area contributed by atoms with Crippen LogP contribution in [0.2, 0.25) is 0 Å². The molecule has 1 aliphatic heterocycles. The Hall–Kier alpha value is -3.18. The summed E-state index contributed by atoms with van der Waals surface area (Å²) in [6.07, 6.45) is 1.86. The molecule has 4 rings (SSSR count). The minimum absolute atomic E-state index is 0.149. The lowest BCUT2D eigenvalue weighted by Crippen LogP contribution is -2.39. The van der Waals surface area contributed by atoms with Crippen molar-refractivity contribution in [2.75, 3.05) is 26.8 Å². The van der Waals surface area contributed by atoms with E-state index in [1.807, 2.05) is 31.2 Å². The van der Waals surface area contributed by atoms with E-state index in [1.165, 1.54) is 16.4 Å². The number of ether oxygens (including phenoxy) is 1. The van der Waals surface area contributed by atoms with Gasteiger partial charge in [-0.3, -0.25) is 4.79 Å². The number of rotatable bonds is 8. The van der Waals surface area contributed by atoms with Gasteiger partial charge in [-0.2, -0.15) is 4.31 Å². The summed E-state index contributed by atoms with van der Waals surface area (Å²) in [7, 11) is -2.07. The van der Waals surface area contributed by atoms with Crippen LogP contribution in [0.15, 0.2) is 47.4 Å². The highest BCUT2D eigenvalue weighted by molar-refractivity contribution is 7.89. The lowest BCUT2D eigenvalue weighted by molar-refractivity contribution is -0.127. The smallest absolute Gasteiger partial charge is 0.261 e. The van der Waals surface area contributed by atoms with Crippen molar-refractivity contribution in [3.05, 3.63) is 48.0 Å². The Labute approximate surface area is 198 Å². The normalized spacial score (nSPS) is 17.9. The fourth-order valence-corrected chi connectivity index (χ4v) is 5.77. The fourth-order valence-electron chi connectivity index (χ4n) is 4.15. The Kier molecular flexibility index (Phi) is 7.03. The molecule has 1 aliphatic rings. The fraction of sp³-hybridized carbons (Fsp3) is 0.435. The molecule has 1 fully saturated rings. The zero-order valence-electron chi connectivity index (χ0n) is 19.5. The number of hydrogen-bond acceptors (Lipinski definition) is 7. The van der Waals surface area contributed by atoms with Crippen molar-refractivity contribution >= 4 is 27.0 Å². The number of piperidine rings is 1. The molecule has 0 saturated carbocycles. The van der Waals surface area contributed by atoms with E-state index in [-0.39, 0.29) is 23.5 Å². The Morgan fingerprint density at radius 1 is 1.26 bits per heavy atom. The molecule has 3 aromatic rings. The SMILES string of the molecule is COc1ccccc1C(C)NC(=O)COn1nnc2ccc(S(=O)(=O)N3CCCC(C)C3)cc21. The molecule has 0 bridgehead atoms. The van der Waals surface area contributed by atoms with Gasteiger partial charge in [0.05, 0.1) is 18.0 Å². The molecule has 0 radical (unpaired) electrons. The molecule has 10 nitrogen and oxygen atoms in total. The predicted octanol–water partition coefficient (Wildman–Crippen LogP) is 2.17. The lowest BCUT2D eigenvalue weighted by Gasteiger charge is -2.30. The summed E-state index contributed by atoms with van der Waals surface area (Å²) in [5.74, 6) is 0.628. The van der Waals surface area contributed by atoms with Crippen molar-refractivity contribution in [3.8, 4) is 5.75 Å². The van der Waals surface area contributed by atoms with Crippen LogP contribution < -0.4 is 14.9 Å². The number of sulfonamides is 1. The highest BCUT2D eigenvalue weighted by atomic mass is 32.2. The largest absolute Gasteiger partial charge is 0.496 e. The van der Waals surface area contributed by atoms with Gasteiger partial charge in [0.1, 0.15) is 16.8 Å². The Morgan fingerprint density at radius 3 is 2.82 bits per heavy atom. The first-order valence-electron chi connectivity index (χ1n) is 11.2. The van der Waals surface area contributed by atoms with Crippen molar-refractivity contribution in [1.29, 1.82) is 0 Å². The Bertz CT molecular complexity index is 1280. The molecule has 2 unspecified atom stereocenters. The molecule has 2 atom stereocenters. The van der Waals surface area contributed by atoms with E-state index in [1.54, 1.807) is 13.2 Å². The average molecular weight is 488 g/mol. The predicted molar refractivity (Wildman–Crippen MR) is 126 cm³/mol. The third-order valence-electron chi connectivity index (χ3n) is 5.95. The molecular formula is C23H29N5O5S. The topological polar surface area (TPSA) is 116 Å². The second kappa shape index (κ2) is 9.98. The van der Waals surface area contributed by atoms with Crippen LogP contribution in [0.4, 0.5) is 0 Å². The van der Waals surface area contributed by atoms with Crippen LogP contribution in [0, 0.1) is 5.92 Å². The molecule has 1 saturated heterocycles. The average Bonchev–Trinajstić information content (AvgIpc) is 3.25. The number of para-hydroxylation sites is 1. The molecule has 1 aromatic heterocycles. The summed E-state index contributed by atoms with van der Waals surface area (Å²) < 4.78 is 33.2. The monoisotopic (exact) mass is 487 g/mol. The molecule has 0 spiro atoms. The third kappa shape index (κ3) is 5.00. The minimum Gasteiger partial charge on any atom is -0.496 e. The maximum Gasteiger partial charge on any atom is 0.261 e. The van der Waals surface area contributed by atoms with Gasteiger partial charge >= 0.3 is 0 Å². The maximum atomic E-state index is 13.1. The number of carbonyl (C=O) groups excluding carboxylic acids is 1. The summed E-state index contributed by atoms with van der Waals surface area (Å²) >= 11 is 0. The Morgan fingerprint density at radius 2 is 2.06 bits per heavy atom. The zero-order valence-corrected chi connectivity index (χ0v) is 20.3. The Balaban J connectivity index is 1.46. The number of methoxy groups -OCH3 is 1. The number of amides is 1. The second-order valence-corrected chi connectivity index (χ2v) is 10.5. The van der Waals surface area contributed by atoms with Crippen molar-refractivity contribution in [1.82, 2.24) is 24.8 Å². The van der Waals surface area contributed by atoms with E-state index in [9.17, 15) is 13.2 Å². The van der Waals surface area contributed by atoms with Gasteiger partial charge in [0.15, 0.2) is 6.61 Å². The highest BCUT2D eigenvalue weighted by Crippen LogP contribution is 2.26. The first kappa shape index (κ1) is 24.0. The summed E-state index contributed by atoms with van der Waals surface area (Å²) in [4.78, 5) is 19.2. The van der Waals surface area contributed by atoms with Crippen molar-refractivity contribution in [3.63, 3.8) is 0 Å². The number of aromatic nitrogens is 3. The van der Waals surface area contributed by atoms with Crippen LogP contribution >= 0.6 is 0 Å². The van der Waals surface area contributed by atoms with Gasteiger partial charge in [-0.1, -0.05) is 30.0 Å². The second-order valence-electron chi connectivity index (χ2n) is 8.53. The van der Waals surface area contributed by atoms with Gasteiger partial charge in [0, 0.05) is 18.7 Å². The van der Waals surface area contributed by atoms with Crippen LogP contribution in [-0.2, 0) is 14.8 Å². The summed E-state index contributed by atoms with van der Waals surface area (Å²) in [6.45, 7) is 4.58. The van der Waals surface area contributed by atoms with Crippen LogP contribution in [0.5, 0.6) is 5.75 Å². The maximum absolute atomic E-state index is 13.1. The summed E-state index contributed by atoms with van der Waals surface area (Å²) in [6, 6.07) is 11.7. The molecule has 1 N–H and O–H groups in total. The van der Waals surface area contributed by atoms with Gasteiger partial charge in [-0.05, 0) is 55.2 Å². The summed E-state index contributed by atoms with van der Waals surface area (Å²) in [5, 5.41) is 10.8. The van der Waals surface area contributed by atoms with Crippen molar-refractivity contribution in [2.24, 2.45) is 5.92 Å². The van der Waals surface area contributed by atoms with Crippen LogP contribution in [-0.4, -0.2) is 60.6 Å². The van der Waals surface area contributed by atoms with E-state index in [2.05, 4.69) is 22.6 Å². The van der Waals surface area contributed by atoms with Crippen molar-refractivity contribution < 1.29 is 22.8 Å². The van der Waals surface area contributed by atoms with Gasteiger partial charge < -0.3 is 14.9 Å². The molecule has 34 heavy (non-hydrogen) atoms. The van der Waals surface area contributed by atoms with E-state index < -0.39 is 10.0 Å². The van der Waals surface area contributed by atoms with Gasteiger partial charge in [-0.25, -0.2) is 8.42 Å². The lowest BCUT2D eigenvalue weighted by atomic mass is 10.0. The van der Waals surface area contributed by atoms with Gasteiger partial charge in [-0.15, -0.1) is 5.10 Å². The van der Waals surface area contributed by atoms with Gasteiger partial charge in [0.2, 0.25) is 10.0 Å². The summed E-state index contributed by atoms with van der Waals surface area (Å²) in [5.41, 5.74) is 1.68. The van der Waals surface area contributed by atoms with E-state index in [0.29, 0.717) is 35.8 Å². The molecule has 2 aromatic carbocycles. The van der Waals surface area contributed by atoms with Crippen LogP contribution in [0.25, 0.3) is 11.0 Å². The van der Waals surface area contributed by atoms with E-state index in [0.717, 1.165) is 23.3 Å². The standard InChI is InChI=1S/C23H29N5O5S/c1-16-7-6-12-27(14-16)34(30,31)18-10-11-20-21(13-18)28(26-25-20)33-15-23(29)24-17(2)19-8-4-5-9-22(19)32-3/h4-5,8-11,13,16-17H,6-7,12,14-15H2,1-3H3,(H,24,29). The first-order chi connectivity index (χ1) is 16.3. The van der Waals surface area contributed by atoms with Crippen LogP contribution in [0.3, 0.4) is 0 Å². The molecule has 182 valence electrons. The molecule has 1 amide bonds. The molecule has 2 heterocycles. The van der Waals surface area contributed by atoms with Crippen molar-refractivity contribution in [2.45, 2.75) is 37.6 Å². The highest BCUT2D eigenvalue weighted by Gasteiger charge is 2.29. The number of fused-ring (bicyclic) bond motifs is 1. The van der Waals surface area contributed by atoms with E-state index >= 15 is 0 Å². The minimum atomic E-state index is -3.65. The third-order valence-corrected chi connectivity index (χ3v) is 7.81. The number of carbonyl (C=O) groups is 1.